The Morgan fingerprint density at radius 1 is 0.365 bits per heavy atom. The average molecular weight is 824 g/mol. The van der Waals surface area contributed by atoms with Crippen LogP contribution in [0.15, 0.2) is 218 Å². The highest BCUT2D eigenvalue weighted by molar-refractivity contribution is 6.98. The van der Waals surface area contributed by atoms with Crippen LogP contribution < -0.4 is 26.5 Å². The molecule has 0 spiro atoms. The van der Waals surface area contributed by atoms with Crippen molar-refractivity contribution < 1.29 is 5.11 Å². The Bertz CT molecular complexity index is 3520. The van der Waals surface area contributed by atoms with Crippen molar-refractivity contribution >= 4 is 107 Å². The zero-order valence-electron chi connectivity index (χ0n) is 35.8. The first-order valence-electron chi connectivity index (χ1n) is 21.9. The first-order valence-corrected chi connectivity index (χ1v) is 25.4. The number of rotatable bonds is 8. The molecule has 300 valence electrons. The monoisotopic (exact) mass is 823 g/mol. The average Bonchev–Trinajstić information content (AvgIpc) is 3.32. The largest absolute Gasteiger partial charge is 0.507 e. The highest BCUT2D eigenvalue weighted by Gasteiger charge is 2.27. The lowest BCUT2D eigenvalue weighted by Gasteiger charge is -2.27. The van der Waals surface area contributed by atoms with E-state index in [0.717, 1.165) is 44.3 Å². The normalized spacial score (nSPS) is 11.8. The third-order valence-corrected chi connectivity index (χ3v) is 15.1. The molecule has 0 aliphatic rings. The summed E-state index contributed by atoms with van der Waals surface area (Å²) < 4.78 is 0. The van der Waals surface area contributed by atoms with E-state index in [1.807, 2.05) is 6.07 Å². The van der Waals surface area contributed by atoms with Crippen LogP contribution in [0.3, 0.4) is 0 Å². The molecule has 11 rings (SSSR count). The van der Waals surface area contributed by atoms with E-state index in [-0.39, 0.29) is 12.5 Å². The Balaban J connectivity index is 1.10. The first kappa shape index (κ1) is 38.5. The number of hydrogen-bond acceptors (Lipinski definition) is 2. The smallest absolute Gasteiger partial charge is 0.242 e. The fraction of sp³-hybridized carbons (Fsp3) is 0.0508. The summed E-state index contributed by atoms with van der Waals surface area (Å²) >= 11 is 0. The summed E-state index contributed by atoms with van der Waals surface area (Å²) in [6, 6.07) is 79.0. The minimum atomic E-state index is -1.51. The van der Waals surface area contributed by atoms with Gasteiger partial charge < -0.3 is 10.0 Å². The molecule has 0 unspecified atom stereocenters. The summed E-state index contributed by atoms with van der Waals surface area (Å²) in [6.45, 7) is 7.14. The molecule has 63 heavy (non-hydrogen) atoms. The van der Waals surface area contributed by atoms with E-state index in [1.165, 1.54) is 59.3 Å². The van der Waals surface area contributed by atoms with Gasteiger partial charge in [-0.05, 0) is 102 Å². The van der Waals surface area contributed by atoms with E-state index in [0.29, 0.717) is 0 Å². The summed E-state index contributed by atoms with van der Waals surface area (Å²) in [5.41, 5.74) is 8.62. The minimum Gasteiger partial charge on any atom is -0.507 e. The molecular formula is C59H46BNOSi. The van der Waals surface area contributed by atoms with Gasteiger partial charge in [-0.3, -0.25) is 0 Å². The standard InChI is InChI=1S/C59H46BNOSi/c1-63(2,3)47-33-30-44(31-34-47)61(45-29-28-40-16-7-8-18-42(40)36-45)46-32-35-53(59(62)37-46)54-38-55-51-25-13-14-26-52(51)58(39-56(55)50-24-12-11-23-49(50)54)60(43-20-5-4-6-21-43)57-27-15-19-41-17-9-10-22-48(41)57/h4-39,62H,1-3H3. The SMILES string of the molecule is C[Si](C)(C)c1ccc(N(c2ccc(-c3cc4c5ccccc5c(B(c5ccccc5)c5cccc6ccccc56)cc4c4ccccc34)c(O)c2)c2ccc3ccccc3c2)cc1. The van der Waals surface area contributed by atoms with E-state index in [1.54, 1.807) is 0 Å². The molecule has 0 aliphatic heterocycles. The van der Waals surface area contributed by atoms with E-state index in [2.05, 4.69) is 237 Å². The molecule has 11 aromatic carbocycles. The summed E-state index contributed by atoms with van der Waals surface area (Å²) in [5, 5.41) is 25.6. The summed E-state index contributed by atoms with van der Waals surface area (Å²) in [7, 11) is -1.51. The van der Waals surface area contributed by atoms with Gasteiger partial charge in [0.2, 0.25) is 6.71 Å². The Morgan fingerprint density at radius 3 is 1.65 bits per heavy atom. The second-order valence-electron chi connectivity index (χ2n) is 17.9. The maximum atomic E-state index is 12.3. The molecule has 11 aromatic rings. The third-order valence-electron chi connectivity index (χ3n) is 13.0. The van der Waals surface area contributed by atoms with E-state index < -0.39 is 8.07 Å². The highest BCUT2D eigenvalue weighted by atomic mass is 28.3. The van der Waals surface area contributed by atoms with Gasteiger partial charge in [0.05, 0.1) is 8.07 Å². The molecule has 2 nitrogen and oxygen atoms in total. The Hall–Kier alpha value is -7.40. The van der Waals surface area contributed by atoms with Gasteiger partial charge >= 0.3 is 0 Å². The molecule has 0 amide bonds. The van der Waals surface area contributed by atoms with E-state index in [9.17, 15) is 5.11 Å². The van der Waals surface area contributed by atoms with Crippen LogP contribution in [0.25, 0.3) is 65.0 Å². The molecule has 0 fully saturated rings. The van der Waals surface area contributed by atoms with Crippen molar-refractivity contribution in [3.63, 3.8) is 0 Å². The maximum absolute atomic E-state index is 12.3. The fourth-order valence-corrected chi connectivity index (χ4v) is 11.0. The van der Waals surface area contributed by atoms with Gasteiger partial charge in [-0.15, -0.1) is 0 Å². The quantitative estimate of drug-likeness (QED) is 0.122. The van der Waals surface area contributed by atoms with E-state index >= 15 is 0 Å². The van der Waals surface area contributed by atoms with Crippen LogP contribution in [-0.4, -0.2) is 19.9 Å². The number of benzene rings is 11. The highest BCUT2D eigenvalue weighted by Crippen LogP contribution is 2.44. The molecule has 1 N–H and O–H groups in total. The first-order chi connectivity index (χ1) is 30.8. The lowest BCUT2D eigenvalue weighted by Crippen LogP contribution is -2.52. The molecule has 0 saturated heterocycles. The molecule has 0 heterocycles. The number of phenolic OH excluding ortho intramolecular Hbond substituents is 1. The number of fused-ring (bicyclic) bond motifs is 7. The van der Waals surface area contributed by atoms with Gasteiger partial charge in [0.15, 0.2) is 0 Å². The third kappa shape index (κ3) is 6.84. The molecule has 0 aliphatic carbocycles. The van der Waals surface area contributed by atoms with Gasteiger partial charge in [0.25, 0.3) is 0 Å². The summed E-state index contributed by atoms with van der Waals surface area (Å²) in [6.07, 6.45) is 0. The van der Waals surface area contributed by atoms with Crippen molar-refractivity contribution in [2.45, 2.75) is 19.6 Å². The lowest BCUT2D eigenvalue weighted by atomic mass is 9.35. The molecule has 0 saturated carbocycles. The van der Waals surface area contributed by atoms with Crippen molar-refractivity contribution in [2.24, 2.45) is 0 Å². The summed E-state index contributed by atoms with van der Waals surface area (Å²) in [4.78, 5) is 2.26. The van der Waals surface area contributed by atoms with Crippen LogP contribution in [0.1, 0.15) is 0 Å². The van der Waals surface area contributed by atoms with Crippen molar-refractivity contribution in [2.75, 3.05) is 4.90 Å². The molecule has 4 heteroatoms. The Labute approximate surface area is 370 Å². The zero-order valence-corrected chi connectivity index (χ0v) is 36.8. The zero-order chi connectivity index (χ0) is 42.7. The van der Waals surface area contributed by atoms with Gasteiger partial charge in [-0.2, -0.15) is 0 Å². The van der Waals surface area contributed by atoms with Crippen LogP contribution in [0.5, 0.6) is 5.75 Å². The topological polar surface area (TPSA) is 23.5 Å². The molecular weight excluding hydrogens is 778 g/mol. The molecule has 0 atom stereocenters. The second-order valence-corrected chi connectivity index (χ2v) is 22.9. The minimum absolute atomic E-state index is 0.00100. The van der Waals surface area contributed by atoms with Crippen molar-refractivity contribution in [3.8, 4) is 16.9 Å². The number of nitrogens with zero attached hydrogens (tertiary/aromatic N) is 1. The van der Waals surface area contributed by atoms with Crippen LogP contribution in [0.2, 0.25) is 19.6 Å². The van der Waals surface area contributed by atoms with Gasteiger partial charge in [0, 0.05) is 28.7 Å². The second kappa shape index (κ2) is 15.5. The predicted molar refractivity (Wildman–Crippen MR) is 276 cm³/mol. The van der Waals surface area contributed by atoms with Crippen molar-refractivity contribution in [1.29, 1.82) is 0 Å². The van der Waals surface area contributed by atoms with Crippen molar-refractivity contribution in [3.05, 3.63) is 218 Å². The van der Waals surface area contributed by atoms with Crippen LogP contribution in [0.4, 0.5) is 17.1 Å². The van der Waals surface area contributed by atoms with Crippen LogP contribution in [0, 0.1) is 0 Å². The summed E-state index contributed by atoms with van der Waals surface area (Å²) in [5.74, 6) is 0.238. The Kier molecular flexibility index (Phi) is 9.48. The number of hydrogen-bond donors (Lipinski definition) is 1. The number of aromatic hydroxyl groups is 1. The van der Waals surface area contributed by atoms with Crippen LogP contribution in [-0.2, 0) is 0 Å². The Morgan fingerprint density at radius 2 is 0.921 bits per heavy atom. The van der Waals surface area contributed by atoms with Crippen molar-refractivity contribution in [1.82, 2.24) is 0 Å². The predicted octanol–water partition coefficient (Wildman–Crippen LogP) is 13.4. The molecule has 0 bridgehead atoms. The van der Waals surface area contributed by atoms with Gasteiger partial charge in [0.1, 0.15) is 5.75 Å². The molecule has 0 radical (unpaired) electrons. The lowest BCUT2D eigenvalue weighted by molar-refractivity contribution is 0.477. The fourth-order valence-electron chi connectivity index (χ4n) is 9.88. The number of anilines is 3. The van der Waals surface area contributed by atoms with Crippen LogP contribution >= 0.6 is 0 Å². The number of phenols is 1. The van der Waals surface area contributed by atoms with Gasteiger partial charge in [-0.25, -0.2) is 0 Å². The van der Waals surface area contributed by atoms with E-state index in [4.69, 9.17) is 0 Å². The molecule has 0 aromatic heterocycles. The van der Waals surface area contributed by atoms with Gasteiger partial charge in [-0.1, -0.05) is 211 Å². The maximum Gasteiger partial charge on any atom is 0.242 e.